The summed E-state index contributed by atoms with van der Waals surface area (Å²) in [6.45, 7) is 3.22. The second kappa shape index (κ2) is 8.11. The molecule has 21 heavy (non-hydrogen) atoms. The van der Waals surface area contributed by atoms with Gasteiger partial charge in [-0.05, 0) is 43.1 Å². The van der Waals surface area contributed by atoms with Gasteiger partial charge in [0.15, 0.2) is 0 Å². The molecule has 0 spiro atoms. The van der Waals surface area contributed by atoms with Gasteiger partial charge in [-0.2, -0.15) is 0 Å². The molecule has 1 N–H and O–H groups in total. The summed E-state index contributed by atoms with van der Waals surface area (Å²) in [5, 5.41) is 3.64. The molecule has 1 aromatic heterocycles. The number of halogens is 2. The summed E-state index contributed by atoms with van der Waals surface area (Å²) in [5.74, 6) is 1.13. The van der Waals surface area contributed by atoms with Crippen LogP contribution in [0.1, 0.15) is 37.2 Å². The monoisotopic (exact) mass is 413 g/mol. The lowest BCUT2D eigenvalue weighted by Gasteiger charge is -2.19. The number of hydrogen-bond acceptors (Lipinski definition) is 2. The second-order valence-corrected chi connectivity index (χ2v) is 7.03. The summed E-state index contributed by atoms with van der Waals surface area (Å²) in [4.78, 5) is 4.41. The summed E-state index contributed by atoms with van der Waals surface area (Å²) >= 11 is 7.15. The smallest absolute Gasteiger partial charge is 0.108 e. The van der Waals surface area contributed by atoms with Crippen LogP contribution in [0.25, 0.3) is 0 Å². The Morgan fingerprint density at radius 3 is 2.52 bits per heavy atom. The highest BCUT2D eigenvalue weighted by atomic mass is 79.9. The summed E-state index contributed by atoms with van der Waals surface area (Å²) in [5.41, 5.74) is 1.30. The maximum atomic E-state index is 4.41. The van der Waals surface area contributed by atoms with Crippen molar-refractivity contribution in [2.24, 2.45) is 7.05 Å². The van der Waals surface area contributed by atoms with E-state index in [1.165, 1.54) is 5.56 Å². The van der Waals surface area contributed by atoms with Gasteiger partial charge in [-0.25, -0.2) is 4.98 Å². The molecule has 1 unspecified atom stereocenters. The average Bonchev–Trinajstić information content (AvgIpc) is 2.83. The fourth-order valence-corrected chi connectivity index (χ4v) is 3.72. The quantitative estimate of drug-likeness (QED) is 0.716. The number of aromatic nitrogens is 2. The minimum atomic E-state index is 0.343. The van der Waals surface area contributed by atoms with Crippen molar-refractivity contribution in [1.29, 1.82) is 0 Å². The molecular formula is C16H21Br2N3. The predicted molar refractivity (Wildman–Crippen MR) is 94.4 cm³/mol. The van der Waals surface area contributed by atoms with Crippen molar-refractivity contribution in [3.8, 4) is 0 Å². The molecule has 0 bridgehead atoms. The van der Waals surface area contributed by atoms with Crippen molar-refractivity contribution in [3.05, 3.63) is 50.9 Å². The highest BCUT2D eigenvalue weighted by Crippen LogP contribution is 2.26. The summed E-state index contributed by atoms with van der Waals surface area (Å²) in [6, 6.07) is 6.79. The van der Waals surface area contributed by atoms with Crippen LogP contribution in [0.5, 0.6) is 0 Å². The zero-order chi connectivity index (χ0) is 15.2. The Hall–Kier alpha value is -0.650. The van der Waals surface area contributed by atoms with Crippen molar-refractivity contribution >= 4 is 31.9 Å². The van der Waals surface area contributed by atoms with E-state index in [0.29, 0.717) is 6.04 Å². The van der Waals surface area contributed by atoms with Gasteiger partial charge < -0.3 is 9.88 Å². The molecule has 0 aliphatic heterocycles. The molecule has 5 heteroatoms. The Morgan fingerprint density at radius 1 is 1.24 bits per heavy atom. The molecule has 0 saturated heterocycles. The first-order valence-corrected chi connectivity index (χ1v) is 8.84. The molecule has 1 atom stereocenters. The molecule has 0 saturated carbocycles. The minimum absolute atomic E-state index is 0.343. The Balaban J connectivity index is 2.11. The number of benzene rings is 1. The molecule has 114 valence electrons. The predicted octanol–water partition coefficient (Wildman–Crippen LogP) is 4.62. The molecule has 2 rings (SSSR count). The van der Waals surface area contributed by atoms with Crippen LogP contribution in [0.3, 0.4) is 0 Å². The van der Waals surface area contributed by atoms with Crippen LogP contribution in [0.4, 0.5) is 0 Å². The zero-order valence-corrected chi connectivity index (χ0v) is 15.6. The van der Waals surface area contributed by atoms with Gasteiger partial charge in [-0.3, -0.25) is 0 Å². The van der Waals surface area contributed by atoms with E-state index in [2.05, 4.69) is 71.9 Å². The molecule has 0 aliphatic rings. The van der Waals surface area contributed by atoms with E-state index in [0.717, 1.165) is 40.6 Å². The molecule has 1 aromatic carbocycles. The van der Waals surface area contributed by atoms with Crippen LogP contribution in [0.15, 0.2) is 39.5 Å². The van der Waals surface area contributed by atoms with Crippen molar-refractivity contribution < 1.29 is 0 Å². The summed E-state index contributed by atoms with van der Waals surface area (Å²) < 4.78 is 4.30. The molecule has 0 fully saturated rings. The van der Waals surface area contributed by atoms with Crippen molar-refractivity contribution in [2.45, 2.75) is 32.2 Å². The number of imidazole rings is 1. The van der Waals surface area contributed by atoms with Gasteiger partial charge in [0.1, 0.15) is 5.82 Å². The van der Waals surface area contributed by atoms with E-state index in [1.54, 1.807) is 0 Å². The largest absolute Gasteiger partial charge is 0.338 e. The molecule has 1 heterocycles. The first-order chi connectivity index (χ1) is 10.1. The van der Waals surface area contributed by atoms with E-state index >= 15 is 0 Å². The van der Waals surface area contributed by atoms with E-state index in [4.69, 9.17) is 0 Å². The molecule has 0 aliphatic carbocycles. The lowest BCUT2D eigenvalue weighted by Crippen LogP contribution is -2.23. The number of rotatable bonds is 7. The summed E-state index contributed by atoms with van der Waals surface area (Å²) in [6.07, 6.45) is 7.00. The van der Waals surface area contributed by atoms with Crippen LogP contribution >= 0.6 is 31.9 Å². The lowest BCUT2D eigenvalue weighted by atomic mass is 10.0. The maximum Gasteiger partial charge on any atom is 0.108 e. The number of nitrogens with zero attached hydrogens (tertiary/aromatic N) is 2. The fourth-order valence-electron chi connectivity index (χ4n) is 2.39. The van der Waals surface area contributed by atoms with Crippen molar-refractivity contribution in [2.75, 3.05) is 6.54 Å². The van der Waals surface area contributed by atoms with Crippen LogP contribution < -0.4 is 5.32 Å². The van der Waals surface area contributed by atoms with E-state index in [9.17, 15) is 0 Å². The van der Waals surface area contributed by atoms with E-state index in [1.807, 2.05) is 19.4 Å². The van der Waals surface area contributed by atoms with Gasteiger partial charge in [-0.1, -0.05) is 38.8 Å². The number of hydrogen-bond donors (Lipinski definition) is 1. The number of aryl methyl sites for hydroxylation is 2. The Kier molecular flexibility index (Phi) is 6.45. The van der Waals surface area contributed by atoms with Gasteiger partial charge in [-0.15, -0.1) is 0 Å². The molecule has 0 amide bonds. The van der Waals surface area contributed by atoms with Gasteiger partial charge in [0.05, 0.1) is 0 Å². The third kappa shape index (κ3) is 4.94. The van der Waals surface area contributed by atoms with Crippen LogP contribution in [-0.2, 0) is 13.5 Å². The zero-order valence-electron chi connectivity index (χ0n) is 12.4. The third-order valence-electron chi connectivity index (χ3n) is 3.51. The van der Waals surface area contributed by atoms with Crippen LogP contribution in [0, 0.1) is 0 Å². The Morgan fingerprint density at radius 2 is 1.95 bits per heavy atom. The standard InChI is InChI=1S/C16H21Br2N3/c1-3-6-19-15(4-5-16-20-7-8-21(16)2)12-9-13(17)11-14(18)10-12/h7-11,15,19H,3-6H2,1-2H3. The SMILES string of the molecule is CCCNC(CCc1nccn1C)c1cc(Br)cc(Br)c1. The third-order valence-corrected chi connectivity index (χ3v) is 4.42. The minimum Gasteiger partial charge on any atom is -0.338 e. The molecule has 2 aromatic rings. The van der Waals surface area contributed by atoms with Crippen molar-refractivity contribution in [3.63, 3.8) is 0 Å². The Bertz CT molecular complexity index is 560. The highest BCUT2D eigenvalue weighted by molar-refractivity contribution is 9.11. The van der Waals surface area contributed by atoms with E-state index < -0.39 is 0 Å². The van der Waals surface area contributed by atoms with Crippen LogP contribution in [0.2, 0.25) is 0 Å². The lowest BCUT2D eigenvalue weighted by molar-refractivity contribution is 0.491. The first kappa shape index (κ1) is 16.7. The highest BCUT2D eigenvalue weighted by Gasteiger charge is 2.13. The molecule has 3 nitrogen and oxygen atoms in total. The van der Waals surface area contributed by atoms with Crippen molar-refractivity contribution in [1.82, 2.24) is 14.9 Å². The van der Waals surface area contributed by atoms with Gasteiger partial charge in [0.25, 0.3) is 0 Å². The maximum absolute atomic E-state index is 4.41. The van der Waals surface area contributed by atoms with Gasteiger partial charge >= 0.3 is 0 Å². The summed E-state index contributed by atoms with van der Waals surface area (Å²) in [7, 11) is 2.05. The Labute approximate surface area is 143 Å². The number of nitrogens with one attached hydrogen (secondary N) is 1. The van der Waals surface area contributed by atoms with E-state index in [-0.39, 0.29) is 0 Å². The van der Waals surface area contributed by atoms with Gasteiger partial charge in [0, 0.05) is 40.8 Å². The second-order valence-electron chi connectivity index (χ2n) is 5.20. The fraction of sp³-hybridized carbons (Fsp3) is 0.438. The van der Waals surface area contributed by atoms with Gasteiger partial charge in [0.2, 0.25) is 0 Å². The average molecular weight is 415 g/mol. The molecular weight excluding hydrogens is 394 g/mol. The van der Waals surface area contributed by atoms with Crippen LogP contribution in [-0.4, -0.2) is 16.1 Å². The normalized spacial score (nSPS) is 12.6. The molecule has 0 radical (unpaired) electrons. The topological polar surface area (TPSA) is 29.9 Å². The first-order valence-electron chi connectivity index (χ1n) is 7.25.